The van der Waals surface area contributed by atoms with Crippen molar-refractivity contribution in [3.05, 3.63) is 35.9 Å². The second-order valence-electron chi connectivity index (χ2n) is 6.69. The number of hydrogen-bond donors (Lipinski definition) is 2. The van der Waals surface area contributed by atoms with Gasteiger partial charge in [-0.1, -0.05) is 30.3 Å². The van der Waals surface area contributed by atoms with Crippen molar-refractivity contribution in [1.29, 1.82) is 0 Å². The van der Waals surface area contributed by atoms with E-state index in [1.807, 2.05) is 13.0 Å². The summed E-state index contributed by atoms with van der Waals surface area (Å²) in [5.41, 5.74) is 0.541. The zero-order valence-electron chi connectivity index (χ0n) is 12.6. The average Bonchev–Trinajstić information content (AvgIpc) is 3.15. The monoisotopic (exact) mass is 288 g/mol. The standard InChI is InChI=1S/C17H24N2O2/c1-17(16(20)21,18-15-7-8-15)12-19-10-9-14(11-19)13-5-3-2-4-6-13/h2-6,14-15,18H,7-12H2,1H3,(H,20,21). The Labute approximate surface area is 126 Å². The zero-order chi connectivity index (χ0) is 14.9. The third-order valence-corrected chi connectivity index (χ3v) is 4.66. The predicted octanol–water partition coefficient (Wildman–Crippen LogP) is 2.07. The molecule has 1 aromatic rings. The van der Waals surface area contributed by atoms with Crippen LogP contribution in [0.2, 0.25) is 0 Å². The first kappa shape index (κ1) is 14.5. The molecule has 1 aromatic carbocycles. The van der Waals surface area contributed by atoms with Gasteiger partial charge in [0.15, 0.2) is 0 Å². The van der Waals surface area contributed by atoms with Crippen LogP contribution >= 0.6 is 0 Å². The maximum absolute atomic E-state index is 11.6. The summed E-state index contributed by atoms with van der Waals surface area (Å²) in [5, 5.41) is 12.9. The van der Waals surface area contributed by atoms with E-state index >= 15 is 0 Å². The summed E-state index contributed by atoms with van der Waals surface area (Å²) in [5.74, 6) is -0.206. The number of carboxylic acid groups (broad SMARTS) is 1. The first-order valence-electron chi connectivity index (χ1n) is 7.85. The van der Waals surface area contributed by atoms with E-state index in [9.17, 15) is 9.90 Å². The molecule has 0 amide bonds. The van der Waals surface area contributed by atoms with Crippen LogP contribution < -0.4 is 5.32 Å². The minimum absolute atomic E-state index is 0.402. The predicted molar refractivity (Wildman–Crippen MR) is 82.4 cm³/mol. The fourth-order valence-electron chi connectivity index (χ4n) is 3.27. The minimum Gasteiger partial charge on any atom is -0.480 e. The topological polar surface area (TPSA) is 52.6 Å². The smallest absolute Gasteiger partial charge is 0.324 e. The van der Waals surface area contributed by atoms with Gasteiger partial charge in [0, 0.05) is 19.1 Å². The van der Waals surface area contributed by atoms with E-state index in [0.717, 1.165) is 32.4 Å². The van der Waals surface area contributed by atoms with Crippen LogP contribution in [0.5, 0.6) is 0 Å². The van der Waals surface area contributed by atoms with Crippen LogP contribution in [0.4, 0.5) is 0 Å². The molecule has 0 spiro atoms. The maximum Gasteiger partial charge on any atom is 0.324 e. The molecule has 1 aliphatic carbocycles. The van der Waals surface area contributed by atoms with Crippen molar-refractivity contribution < 1.29 is 9.90 Å². The first-order valence-corrected chi connectivity index (χ1v) is 7.85. The van der Waals surface area contributed by atoms with Crippen LogP contribution in [0.3, 0.4) is 0 Å². The number of likely N-dealkylation sites (tertiary alicyclic amines) is 1. The Morgan fingerprint density at radius 2 is 2.05 bits per heavy atom. The number of nitrogens with zero attached hydrogens (tertiary/aromatic N) is 1. The lowest BCUT2D eigenvalue weighted by atomic mass is 9.98. The highest BCUT2D eigenvalue weighted by molar-refractivity contribution is 5.78. The van der Waals surface area contributed by atoms with Crippen LogP contribution in [-0.2, 0) is 4.79 Å². The lowest BCUT2D eigenvalue weighted by Gasteiger charge is -2.31. The second kappa shape index (κ2) is 5.78. The lowest BCUT2D eigenvalue weighted by molar-refractivity contribution is -0.145. The number of rotatable bonds is 6. The third-order valence-electron chi connectivity index (χ3n) is 4.66. The maximum atomic E-state index is 11.6. The van der Waals surface area contributed by atoms with Gasteiger partial charge in [0.05, 0.1) is 0 Å². The molecule has 2 fully saturated rings. The van der Waals surface area contributed by atoms with Crippen molar-refractivity contribution >= 4 is 5.97 Å². The van der Waals surface area contributed by atoms with Crippen LogP contribution in [0.15, 0.2) is 30.3 Å². The van der Waals surface area contributed by atoms with Gasteiger partial charge in [0.1, 0.15) is 5.54 Å². The summed E-state index contributed by atoms with van der Waals surface area (Å²) < 4.78 is 0. The minimum atomic E-state index is -0.827. The van der Waals surface area contributed by atoms with Gasteiger partial charge in [0.2, 0.25) is 0 Å². The Balaban J connectivity index is 1.61. The molecule has 0 radical (unpaired) electrons. The average molecular weight is 288 g/mol. The molecule has 4 nitrogen and oxygen atoms in total. The number of carboxylic acids is 1. The summed E-state index contributed by atoms with van der Waals surface area (Å²) in [6, 6.07) is 10.9. The molecule has 2 N–H and O–H groups in total. The Morgan fingerprint density at radius 3 is 2.67 bits per heavy atom. The zero-order valence-corrected chi connectivity index (χ0v) is 12.6. The summed E-state index contributed by atoms with van der Waals surface area (Å²) in [6.45, 7) is 4.35. The molecule has 1 aliphatic heterocycles. The number of aliphatic carboxylic acids is 1. The van der Waals surface area contributed by atoms with E-state index in [2.05, 4.69) is 34.5 Å². The van der Waals surface area contributed by atoms with Gasteiger partial charge >= 0.3 is 5.97 Å². The summed E-state index contributed by atoms with van der Waals surface area (Å²) >= 11 is 0. The Kier molecular flexibility index (Phi) is 4.00. The van der Waals surface area contributed by atoms with Crippen molar-refractivity contribution in [3.63, 3.8) is 0 Å². The Morgan fingerprint density at radius 1 is 1.33 bits per heavy atom. The molecule has 4 heteroatoms. The second-order valence-corrected chi connectivity index (χ2v) is 6.69. The number of nitrogens with one attached hydrogen (secondary N) is 1. The van der Waals surface area contributed by atoms with Crippen LogP contribution in [0, 0.1) is 0 Å². The van der Waals surface area contributed by atoms with Gasteiger partial charge in [-0.15, -0.1) is 0 Å². The molecular formula is C17H24N2O2. The Hall–Kier alpha value is -1.39. The SMILES string of the molecule is CC(CN1CCC(c2ccccc2)C1)(NC1CC1)C(=O)O. The highest BCUT2D eigenvalue weighted by Crippen LogP contribution is 2.29. The van der Waals surface area contributed by atoms with Gasteiger partial charge in [-0.25, -0.2) is 0 Å². The largest absolute Gasteiger partial charge is 0.480 e. The van der Waals surface area contributed by atoms with Crippen molar-refractivity contribution in [2.24, 2.45) is 0 Å². The molecule has 1 heterocycles. The number of carbonyl (C=O) groups is 1. The molecule has 1 saturated heterocycles. The van der Waals surface area contributed by atoms with Crippen molar-refractivity contribution in [2.75, 3.05) is 19.6 Å². The normalized spacial score (nSPS) is 25.7. The van der Waals surface area contributed by atoms with E-state index in [1.165, 1.54) is 5.56 Å². The van der Waals surface area contributed by atoms with Gasteiger partial charge < -0.3 is 10.0 Å². The van der Waals surface area contributed by atoms with Gasteiger partial charge in [-0.2, -0.15) is 0 Å². The molecular weight excluding hydrogens is 264 g/mol. The molecule has 3 rings (SSSR count). The lowest BCUT2D eigenvalue weighted by Crippen LogP contribution is -2.57. The molecule has 0 aromatic heterocycles. The van der Waals surface area contributed by atoms with Crippen LogP contribution in [0.1, 0.15) is 37.7 Å². The van der Waals surface area contributed by atoms with Crippen LogP contribution in [-0.4, -0.2) is 47.2 Å². The van der Waals surface area contributed by atoms with E-state index in [4.69, 9.17) is 0 Å². The highest BCUT2D eigenvalue weighted by atomic mass is 16.4. The van der Waals surface area contributed by atoms with Gasteiger partial charge in [0.25, 0.3) is 0 Å². The van der Waals surface area contributed by atoms with Crippen LogP contribution in [0.25, 0.3) is 0 Å². The molecule has 2 unspecified atom stereocenters. The van der Waals surface area contributed by atoms with E-state index < -0.39 is 11.5 Å². The number of benzene rings is 1. The first-order chi connectivity index (χ1) is 10.1. The Bertz CT molecular complexity index is 501. The van der Waals surface area contributed by atoms with Gasteiger partial charge in [-0.3, -0.25) is 10.1 Å². The van der Waals surface area contributed by atoms with Crippen molar-refractivity contribution in [1.82, 2.24) is 10.2 Å². The number of hydrogen-bond acceptors (Lipinski definition) is 3. The third kappa shape index (κ3) is 3.44. The molecule has 1 saturated carbocycles. The molecule has 2 atom stereocenters. The quantitative estimate of drug-likeness (QED) is 0.841. The summed E-state index contributed by atoms with van der Waals surface area (Å²) in [4.78, 5) is 13.9. The van der Waals surface area contributed by atoms with E-state index in [1.54, 1.807) is 0 Å². The van der Waals surface area contributed by atoms with E-state index in [-0.39, 0.29) is 0 Å². The molecule has 114 valence electrons. The fourth-order valence-corrected chi connectivity index (χ4v) is 3.27. The van der Waals surface area contributed by atoms with E-state index in [0.29, 0.717) is 18.5 Å². The fraction of sp³-hybridized carbons (Fsp3) is 0.588. The molecule has 0 bridgehead atoms. The van der Waals surface area contributed by atoms with Crippen molar-refractivity contribution in [3.8, 4) is 0 Å². The molecule has 2 aliphatic rings. The van der Waals surface area contributed by atoms with Crippen molar-refractivity contribution in [2.45, 2.75) is 43.7 Å². The molecule has 21 heavy (non-hydrogen) atoms. The summed E-state index contributed by atoms with van der Waals surface area (Å²) in [6.07, 6.45) is 3.33. The van der Waals surface area contributed by atoms with Gasteiger partial charge in [-0.05, 0) is 44.2 Å². The highest BCUT2D eigenvalue weighted by Gasteiger charge is 2.41. The summed E-state index contributed by atoms with van der Waals surface area (Å²) in [7, 11) is 0.